The van der Waals surface area contributed by atoms with Gasteiger partial charge in [0.1, 0.15) is 10.6 Å². The van der Waals surface area contributed by atoms with Crippen LogP contribution < -0.4 is 5.32 Å². The van der Waals surface area contributed by atoms with Crippen LogP contribution in [-0.2, 0) is 10.2 Å². The van der Waals surface area contributed by atoms with Crippen molar-refractivity contribution in [2.75, 3.05) is 0 Å². The summed E-state index contributed by atoms with van der Waals surface area (Å²) >= 11 is 1.70. The Morgan fingerprint density at radius 3 is 2.71 bits per heavy atom. The van der Waals surface area contributed by atoms with Crippen molar-refractivity contribution in [2.45, 2.75) is 56.6 Å². The summed E-state index contributed by atoms with van der Waals surface area (Å²) < 4.78 is 6.47. The number of fused-ring (bicyclic) bond motifs is 1. The lowest BCUT2D eigenvalue weighted by molar-refractivity contribution is -0.0883. The van der Waals surface area contributed by atoms with Crippen LogP contribution in [-0.4, -0.2) is 22.2 Å². The molecule has 0 unspecified atom stereocenters. The van der Waals surface area contributed by atoms with Gasteiger partial charge in [0.15, 0.2) is 0 Å². The Morgan fingerprint density at radius 1 is 1.38 bits per heavy atom. The topological polar surface area (TPSA) is 75.0 Å². The molecule has 3 saturated carbocycles. The molecule has 0 aliphatic heterocycles. The molecule has 2 aromatic rings. The highest BCUT2D eigenvalue weighted by Gasteiger charge is 2.70. The van der Waals surface area contributed by atoms with Crippen LogP contribution in [0, 0.1) is 11.3 Å². The Hall–Kier alpha value is -2.13. The Bertz CT molecular complexity index is 868. The number of carbonyl (C=O) groups excluding carboxylic acids is 1. The van der Waals surface area contributed by atoms with Gasteiger partial charge in [0.05, 0.1) is 21.8 Å². The van der Waals surface area contributed by atoms with E-state index in [0.717, 1.165) is 34.5 Å². The van der Waals surface area contributed by atoms with Crippen molar-refractivity contribution in [3.8, 4) is 6.07 Å². The Labute approximate surface area is 144 Å². The summed E-state index contributed by atoms with van der Waals surface area (Å²) in [6.45, 7) is 5.60. The van der Waals surface area contributed by atoms with E-state index in [-0.39, 0.29) is 17.0 Å². The molecule has 24 heavy (non-hydrogen) atoms. The average molecular weight is 341 g/mol. The minimum atomic E-state index is -0.475. The monoisotopic (exact) mass is 341 g/mol. The molecule has 5 nitrogen and oxygen atoms in total. The first-order valence-corrected chi connectivity index (χ1v) is 8.87. The third-order valence-electron chi connectivity index (χ3n) is 4.77. The Kier molecular flexibility index (Phi) is 3.02. The maximum absolute atomic E-state index is 12.0. The normalized spacial score (nSPS) is 27.8. The average Bonchev–Trinajstić information content (AvgIpc) is 2.81. The van der Waals surface area contributed by atoms with Crippen molar-refractivity contribution < 1.29 is 9.53 Å². The van der Waals surface area contributed by atoms with E-state index >= 15 is 0 Å². The van der Waals surface area contributed by atoms with Crippen LogP contribution in [0.1, 0.15) is 50.6 Å². The molecule has 3 aliphatic carbocycles. The SMILES string of the molecule is CC(C)(C)OC(=O)NC12CC(c3nc4cc(C#N)ccc4s3)(C1)C2. The minimum absolute atomic E-state index is 0.103. The van der Waals surface area contributed by atoms with Crippen molar-refractivity contribution in [3.05, 3.63) is 28.8 Å². The molecule has 2 bridgehead atoms. The van der Waals surface area contributed by atoms with Crippen molar-refractivity contribution in [3.63, 3.8) is 0 Å². The van der Waals surface area contributed by atoms with Gasteiger partial charge in [-0.1, -0.05) is 0 Å². The maximum Gasteiger partial charge on any atom is 0.408 e. The molecule has 3 fully saturated rings. The maximum atomic E-state index is 12.0. The molecular weight excluding hydrogens is 322 g/mol. The van der Waals surface area contributed by atoms with Gasteiger partial charge in [0.25, 0.3) is 0 Å². The third kappa shape index (κ3) is 2.35. The standard InChI is InChI=1S/C18H19N3O2S/c1-16(2,3)23-15(22)21-18-8-17(9-18,10-18)14-20-12-6-11(7-19)4-5-13(12)24-14/h4-6H,8-10H2,1-3H3,(H,21,22). The van der Waals surface area contributed by atoms with E-state index in [0.29, 0.717) is 5.56 Å². The number of rotatable bonds is 2. The lowest BCUT2D eigenvalue weighted by Crippen LogP contribution is -2.76. The number of hydrogen-bond donors (Lipinski definition) is 1. The van der Waals surface area contributed by atoms with Gasteiger partial charge in [-0.2, -0.15) is 5.26 Å². The number of thiazole rings is 1. The van der Waals surface area contributed by atoms with Crippen molar-refractivity contribution >= 4 is 27.6 Å². The summed E-state index contributed by atoms with van der Waals surface area (Å²) in [5, 5.41) is 13.2. The highest BCUT2D eigenvalue weighted by Crippen LogP contribution is 2.68. The van der Waals surface area contributed by atoms with E-state index in [1.807, 2.05) is 39.0 Å². The first-order chi connectivity index (χ1) is 11.2. The molecule has 1 aromatic carbocycles. The third-order valence-corrected chi connectivity index (χ3v) is 6.05. The molecule has 0 spiro atoms. The summed E-state index contributed by atoms with van der Waals surface area (Å²) in [6, 6.07) is 7.80. The first-order valence-electron chi connectivity index (χ1n) is 8.05. The van der Waals surface area contributed by atoms with Crippen molar-refractivity contribution in [1.29, 1.82) is 5.26 Å². The second kappa shape index (κ2) is 4.70. The summed E-state index contributed by atoms with van der Waals surface area (Å²) in [6.07, 6.45) is 2.43. The summed E-state index contributed by atoms with van der Waals surface area (Å²) in [4.78, 5) is 16.7. The number of amides is 1. The molecule has 6 heteroatoms. The largest absolute Gasteiger partial charge is 0.444 e. The van der Waals surface area contributed by atoms with Crippen LogP contribution in [0.15, 0.2) is 18.2 Å². The van der Waals surface area contributed by atoms with Crippen LogP contribution >= 0.6 is 11.3 Å². The zero-order valence-electron chi connectivity index (χ0n) is 14.0. The number of alkyl carbamates (subject to hydrolysis) is 1. The molecule has 0 radical (unpaired) electrons. The van der Waals surface area contributed by atoms with Crippen LogP contribution in [0.2, 0.25) is 0 Å². The lowest BCUT2D eigenvalue weighted by atomic mass is 9.39. The molecule has 124 valence electrons. The summed E-state index contributed by atoms with van der Waals surface area (Å²) in [5.74, 6) is 0. The number of nitrogens with one attached hydrogen (secondary N) is 1. The van der Waals surface area contributed by atoms with Gasteiger partial charge in [-0.05, 0) is 58.2 Å². The second-order valence-corrected chi connectivity index (χ2v) is 9.06. The van der Waals surface area contributed by atoms with E-state index < -0.39 is 5.60 Å². The van der Waals surface area contributed by atoms with Crippen LogP contribution in [0.25, 0.3) is 10.2 Å². The van der Waals surface area contributed by atoms with Gasteiger partial charge in [0.2, 0.25) is 0 Å². The number of ether oxygens (including phenoxy) is 1. The zero-order chi connectivity index (χ0) is 17.2. The van der Waals surface area contributed by atoms with Gasteiger partial charge < -0.3 is 10.1 Å². The van der Waals surface area contributed by atoms with Crippen molar-refractivity contribution in [2.24, 2.45) is 0 Å². The van der Waals surface area contributed by atoms with E-state index in [2.05, 4.69) is 11.4 Å². The lowest BCUT2D eigenvalue weighted by Gasteiger charge is -2.69. The van der Waals surface area contributed by atoms with Gasteiger partial charge in [0, 0.05) is 11.0 Å². The fourth-order valence-corrected chi connectivity index (χ4v) is 5.02. The minimum Gasteiger partial charge on any atom is -0.444 e. The number of aromatic nitrogens is 1. The summed E-state index contributed by atoms with van der Waals surface area (Å²) in [5.41, 5.74) is 1.05. The highest BCUT2D eigenvalue weighted by atomic mass is 32.1. The van der Waals surface area contributed by atoms with E-state index in [1.165, 1.54) is 0 Å². The molecule has 0 saturated heterocycles. The molecule has 1 amide bonds. The number of benzene rings is 1. The Morgan fingerprint density at radius 2 is 2.08 bits per heavy atom. The number of nitrogens with zero attached hydrogens (tertiary/aromatic N) is 2. The number of nitriles is 1. The van der Waals surface area contributed by atoms with Crippen molar-refractivity contribution in [1.82, 2.24) is 10.3 Å². The zero-order valence-corrected chi connectivity index (χ0v) is 14.8. The summed E-state index contributed by atoms with van der Waals surface area (Å²) in [7, 11) is 0. The van der Waals surface area contributed by atoms with E-state index in [4.69, 9.17) is 15.0 Å². The van der Waals surface area contributed by atoms with Crippen LogP contribution in [0.3, 0.4) is 0 Å². The Balaban J connectivity index is 1.46. The molecule has 1 heterocycles. The molecular formula is C18H19N3O2S. The van der Waals surface area contributed by atoms with Gasteiger partial charge in [-0.15, -0.1) is 11.3 Å². The van der Waals surface area contributed by atoms with E-state index in [1.54, 1.807) is 11.3 Å². The number of carbonyl (C=O) groups is 1. The van der Waals surface area contributed by atoms with Gasteiger partial charge in [-0.3, -0.25) is 0 Å². The van der Waals surface area contributed by atoms with Crippen LogP contribution in [0.4, 0.5) is 4.79 Å². The van der Waals surface area contributed by atoms with Gasteiger partial charge >= 0.3 is 6.09 Å². The molecule has 3 aliphatic rings. The predicted molar refractivity (Wildman–Crippen MR) is 92.0 cm³/mol. The second-order valence-electron chi connectivity index (χ2n) is 8.03. The fourth-order valence-electron chi connectivity index (χ4n) is 3.89. The highest BCUT2D eigenvalue weighted by molar-refractivity contribution is 7.18. The molecule has 0 atom stereocenters. The fraction of sp³-hybridized carbons (Fsp3) is 0.500. The number of hydrogen-bond acceptors (Lipinski definition) is 5. The first kappa shape index (κ1) is 15.4. The molecule has 1 N–H and O–H groups in total. The predicted octanol–water partition coefficient (Wildman–Crippen LogP) is 3.87. The quantitative estimate of drug-likeness (QED) is 0.900. The molecule has 5 rings (SSSR count). The molecule has 1 aromatic heterocycles. The van der Waals surface area contributed by atoms with E-state index in [9.17, 15) is 4.79 Å². The van der Waals surface area contributed by atoms with Gasteiger partial charge in [-0.25, -0.2) is 9.78 Å². The smallest absolute Gasteiger partial charge is 0.408 e. The van der Waals surface area contributed by atoms with Crippen LogP contribution in [0.5, 0.6) is 0 Å².